The van der Waals surface area contributed by atoms with Crippen LogP contribution in [0, 0.1) is 0 Å². The molecule has 1 heterocycles. The van der Waals surface area contributed by atoms with Gasteiger partial charge in [0.1, 0.15) is 6.10 Å². The molecule has 0 bridgehead atoms. The van der Waals surface area contributed by atoms with E-state index in [2.05, 4.69) is 17.1 Å². The zero-order valence-corrected chi connectivity index (χ0v) is 23.8. The molecule has 0 saturated carbocycles. The van der Waals surface area contributed by atoms with Crippen LogP contribution in [0.1, 0.15) is 28.4 Å². The number of halogens is 4. The van der Waals surface area contributed by atoms with E-state index in [-0.39, 0.29) is 0 Å². The van der Waals surface area contributed by atoms with E-state index >= 15 is 0 Å². The van der Waals surface area contributed by atoms with Crippen molar-refractivity contribution in [3.8, 4) is 11.1 Å². The molecule has 0 radical (unpaired) electrons. The van der Waals surface area contributed by atoms with Crippen LogP contribution < -0.4 is 0 Å². The molecule has 5 rings (SSSR count). The summed E-state index contributed by atoms with van der Waals surface area (Å²) < 4.78 is 5.59. The zero-order valence-electron chi connectivity index (χ0n) is 20.8. The highest BCUT2D eigenvalue weighted by molar-refractivity contribution is 6.35. The zero-order chi connectivity index (χ0) is 27.6. The lowest BCUT2D eigenvalue weighted by Gasteiger charge is -2.11. The number of pyridine rings is 1. The van der Waals surface area contributed by atoms with E-state index in [1.165, 1.54) is 5.56 Å². The third-order valence-corrected chi connectivity index (χ3v) is 7.05. The Morgan fingerprint density at radius 1 is 0.615 bits per heavy atom. The SMILES string of the molecule is Clc1ccc(COCc2ccc(Cl)cc2Cl)c(Cl)c1.OC(c1ccc(-c2ccccc2)cc1)c1cccnc1. The number of aliphatic hydroxyl groups is 1. The maximum atomic E-state index is 10.3. The van der Waals surface area contributed by atoms with Crippen LogP contribution in [0.2, 0.25) is 20.1 Å². The highest BCUT2D eigenvalue weighted by Crippen LogP contribution is 2.26. The molecule has 0 aliphatic rings. The Morgan fingerprint density at radius 3 is 1.69 bits per heavy atom. The van der Waals surface area contributed by atoms with Crippen molar-refractivity contribution < 1.29 is 9.84 Å². The van der Waals surface area contributed by atoms with Gasteiger partial charge in [0.15, 0.2) is 0 Å². The Bertz CT molecular complexity index is 1430. The second-order valence-corrected chi connectivity index (χ2v) is 10.3. The molecule has 0 aliphatic carbocycles. The fourth-order valence-electron chi connectivity index (χ4n) is 3.77. The minimum absolute atomic E-state index is 0.398. The van der Waals surface area contributed by atoms with Gasteiger partial charge in [-0.25, -0.2) is 0 Å². The minimum Gasteiger partial charge on any atom is -0.384 e. The average molecular weight is 597 g/mol. The molecule has 3 nitrogen and oxygen atoms in total. The minimum atomic E-state index is -0.631. The molecule has 198 valence electrons. The summed E-state index contributed by atoms with van der Waals surface area (Å²) >= 11 is 23.8. The van der Waals surface area contributed by atoms with Crippen LogP contribution in [0.5, 0.6) is 0 Å². The first kappa shape index (κ1) is 29.1. The summed E-state index contributed by atoms with van der Waals surface area (Å²) in [5.74, 6) is 0. The van der Waals surface area contributed by atoms with Gasteiger partial charge in [-0.3, -0.25) is 4.98 Å². The normalized spacial score (nSPS) is 11.4. The van der Waals surface area contributed by atoms with E-state index in [9.17, 15) is 5.11 Å². The number of rotatable bonds is 7. The summed E-state index contributed by atoms with van der Waals surface area (Å²) in [7, 11) is 0. The van der Waals surface area contributed by atoms with Gasteiger partial charge in [0, 0.05) is 38.0 Å². The van der Waals surface area contributed by atoms with Crippen LogP contribution >= 0.6 is 46.4 Å². The molecular weight excluding hydrogens is 572 g/mol. The smallest absolute Gasteiger partial charge is 0.106 e. The lowest BCUT2D eigenvalue weighted by atomic mass is 9.99. The van der Waals surface area contributed by atoms with Gasteiger partial charge in [-0.05, 0) is 58.1 Å². The number of nitrogens with zero attached hydrogens (tertiary/aromatic N) is 1. The maximum Gasteiger partial charge on any atom is 0.106 e. The highest BCUT2D eigenvalue weighted by atomic mass is 35.5. The van der Waals surface area contributed by atoms with Crippen molar-refractivity contribution in [3.05, 3.63) is 158 Å². The largest absolute Gasteiger partial charge is 0.384 e. The van der Waals surface area contributed by atoms with Crippen LogP contribution in [0.3, 0.4) is 0 Å². The quantitative estimate of drug-likeness (QED) is 0.203. The van der Waals surface area contributed by atoms with Crippen molar-refractivity contribution in [2.45, 2.75) is 19.3 Å². The van der Waals surface area contributed by atoms with Crippen molar-refractivity contribution in [1.29, 1.82) is 0 Å². The third kappa shape index (κ3) is 8.55. The van der Waals surface area contributed by atoms with Crippen LogP contribution in [-0.4, -0.2) is 10.1 Å². The molecule has 1 aromatic heterocycles. The van der Waals surface area contributed by atoms with Gasteiger partial charge < -0.3 is 9.84 Å². The molecule has 1 N–H and O–H groups in total. The van der Waals surface area contributed by atoms with E-state index in [4.69, 9.17) is 51.1 Å². The van der Waals surface area contributed by atoms with Gasteiger partial charge in [-0.1, -0.05) is 119 Å². The Morgan fingerprint density at radius 2 is 1.18 bits per heavy atom. The number of hydrogen-bond acceptors (Lipinski definition) is 3. The number of benzene rings is 4. The summed E-state index contributed by atoms with van der Waals surface area (Å²) in [5, 5.41) is 12.7. The van der Waals surface area contributed by atoms with Crippen LogP contribution in [0.4, 0.5) is 0 Å². The maximum absolute atomic E-state index is 10.3. The van der Waals surface area contributed by atoms with E-state index in [0.717, 1.165) is 27.8 Å². The lowest BCUT2D eigenvalue weighted by Crippen LogP contribution is -1.99. The number of aromatic nitrogens is 1. The Hall–Kier alpha value is -2.89. The van der Waals surface area contributed by atoms with Crippen molar-refractivity contribution in [2.75, 3.05) is 0 Å². The van der Waals surface area contributed by atoms with E-state index in [0.29, 0.717) is 33.3 Å². The molecule has 0 amide bonds. The van der Waals surface area contributed by atoms with Crippen LogP contribution in [0.15, 0.2) is 116 Å². The van der Waals surface area contributed by atoms with Gasteiger partial charge in [0.25, 0.3) is 0 Å². The van der Waals surface area contributed by atoms with Crippen molar-refractivity contribution in [2.24, 2.45) is 0 Å². The first-order chi connectivity index (χ1) is 18.9. The summed E-state index contributed by atoms with van der Waals surface area (Å²) in [6.45, 7) is 0.796. The third-order valence-electron chi connectivity index (χ3n) is 5.88. The number of ether oxygens (including phenoxy) is 1. The first-order valence-electron chi connectivity index (χ1n) is 12.1. The van der Waals surface area contributed by atoms with Gasteiger partial charge in [-0.2, -0.15) is 0 Å². The Labute approximate surface area is 248 Å². The fraction of sp³-hybridized carbons (Fsp3) is 0.0938. The topological polar surface area (TPSA) is 42.4 Å². The molecule has 5 aromatic rings. The Balaban J connectivity index is 0.000000181. The number of hydrogen-bond donors (Lipinski definition) is 1. The Kier molecular flexibility index (Phi) is 10.8. The first-order valence-corrected chi connectivity index (χ1v) is 13.6. The van der Waals surface area contributed by atoms with Gasteiger partial charge in [0.05, 0.1) is 13.2 Å². The molecule has 1 unspecified atom stereocenters. The molecule has 0 spiro atoms. The molecule has 0 saturated heterocycles. The number of aliphatic hydroxyl groups excluding tert-OH is 1. The van der Waals surface area contributed by atoms with Crippen molar-refractivity contribution >= 4 is 46.4 Å². The summed E-state index contributed by atoms with van der Waals surface area (Å²) in [6, 6.07) is 32.5. The molecule has 1 atom stereocenters. The molecular formula is C32H25Cl4NO2. The molecule has 7 heteroatoms. The highest BCUT2D eigenvalue weighted by Gasteiger charge is 2.10. The average Bonchev–Trinajstić information content (AvgIpc) is 2.96. The molecule has 0 fully saturated rings. The summed E-state index contributed by atoms with van der Waals surface area (Å²) in [5.41, 5.74) is 5.77. The predicted molar refractivity (Wildman–Crippen MR) is 162 cm³/mol. The monoisotopic (exact) mass is 595 g/mol. The second-order valence-electron chi connectivity index (χ2n) is 8.64. The lowest BCUT2D eigenvalue weighted by molar-refractivity contribution is 0.107. The molecule has 39 heavy (non-hydrogen) atoms. The standard InChI is InChI=1S/C18H15NO.C14H10Cl4O/c20-18(17-7-4-12-19-13-17)16-10-8-15(9-11-16)14-5-2-1-3-6-14;15-11-3-1-9(13(17)5-11)7-19-8-10-2-4-12(16)6-14(10)18/h1-13,18,20H;1-6H,7-8H2. The van der Waals surface area contributed by atoms with E-state index in [1.54, 1.807) is 36.7 Å². The van der Waals surface area contributed by atoms with Crippen molar-refractivity contribution in [1.82, 2.24) is 4.98 Å². The van der Waals surface area contributed by atoms with E-state index < -0.39 is 6.10 Å². The second kappa shape index (κ2) is 14.5. The van der Waals surface area contributed by atoms with Gasteiger partial charge >= 0.3 is 0 Å². The molecule has 0 aliphatic heterocycles. The summed E-state index contributed by atoms with van der Waals surface area (Å²) in [6.07, 6.45) is 2.76. The molecule has 4 aromatic carbocycles. The van der Waals surface area contributed by atoms with Crippen molar-refractivity contribution in [3.63, 3.8) is 0 Å². The van der Waals surface area contributed by atoms with E-state index in [1.807, 2.05) is 66.7 Å². The van der Waals surface area contributed by atoms with Crippen LogP contribution in [0.25, 0.3) is 11.1 Å². The predicted octanol–water partition coefficient (Wildman–Crippen LogP) is 9.85. The van der Waals surface area contributed by atoms with Gasteiger partial charge in [-0.15, -0.1) is 0 Å². The van der Waals surface area contributed by atoms with Gasteiger partial charge in [0.2, 0.25) is 0 Å². The van der Waals surface area contributed by atoms with Crippen LogP contribution in [-0.2, 0) is 18.0 Å². The summed E-state index contributed by atoms with van der Waals surface area (Å²) in [4.78, 5) is 4.04. The fourth-order valence-corrected chi connectivity index (χ4v) is 4.69.